The summed E-state index contributed by atoms with van der Waals surface area (Å²) in [6, 6.07) is 7.20. The van der Waals surface area contributed by atoms with Gasteiger partial charge in [-0.05, 0) is 23.8 Å². The molecule has 0 radical (unpaired) electrons. The zero-order valence-electron chi connectivity index (χ0n) is 10.5. The minimum absolute atomic E-state index is 0.212. The van der Waals surface area contributed by atoms with Crippen LogP contribution in [0.5, 0.6) is 0 Å². The minimum atomic E-state index is -0.212. The van der Waals surface area contributed by atoms with Gasteiger partial charge in [-0.25, -0.2) is 0 Å². The number of aromatic amines is 1. The van der Waals surface area contributed by atoms with Crippen LogP contribution in [0.1, 0.15) is 16.1 Å². The van der Waals surface area contributed by atoms with Gasteiger partial charge >= 0.3 is 0 Å². The monoisotopic (exact) mass is 268 g/mol. The number of pyridine rings is 1. The normalized spacial score (nSPS) is 10.4. The Morgan fingerprint density at radius 3 is 3.10 bits per heavy atom. The molecule has 0 saturated heterocycles. The van der Waals surface area contributed by atoms with Crippen LogP contribution >= 0.6 is 0 Å². The van der Waals surface area contributed by atoms with E-state index >= 15 is 0 Å². The molecular weight excluding hydrogens is 256 g/mol. The van der Waals surface area contributed by atoms with Gasteiger partial charge < -0.3 is 9.73 Å². The van der Waals surface area contributed by atoms with Gasteiger partial charge in [0.2, 0.25) is 0 Å². The number of hydrogen-bond acceptors (Lipinski definition) is 4. The van der Waals surface area contributed by atoms with Crippen LogP contribution in [0, 0.1) is 0 Å². The largest absolute Gasteiger partial charge is 0.472 e. The second-order valence-electron chi connectivity index (χ2n) is 4.22. The summed E-state index contributed by atoms with van der Waals surface area (Å²) in [4.78, 5) is 16.0. The molecule has 6 heteroatoms. The molecule has 3 aromatic rings. The Balaban J connectivity index is 1.66. The highest BCUT2D eigenvalue weighted by Gasteiger charge is 2.11. The fourth-order valence-corrected chi connectivity index (χ4v) is 1.78. The SMILES string of the molecule is O=C(NCc1cccnc1)c1cc(-c2ccoc2)n[nH]1. The van der Waals surface area contributed by atoms with Crippen molar-refractivity contribution in [3.05, 3.63) is 60.4 Å². The molecule has 3 rings (SSSR count). The first kappa shape index (κ1) is 12.2. The van der Waals surface area contributed by atoms with Gasteiger partial charge in [0.25, 0.3) is 5.91 Å². The van der Waals surface area contributed by atoms with Crippen molar-refractivity contribution in [3.8, 4) is 11.3 Å². The molecule has 0 bridgehead atoms. The predicted octanol–water partition coefficient (Wildman–Crippen LogP) is 1.99. The molecule has 6 nitrogen and oxygen atoms in total. The highest BCUT2D eigenvalue weighted by atomic mass is 16.3. The number of carbonyl (C=O) groups excluding carboxylic acids is 1. The van der Waals surface area contributed by atoms with Crippen molar-refractivity contribution in [2.24, 2.45) is 0 Å². The lowest BCUT2D eigenvalue weighted by Crippen LogP contribution is -2.23. The molecule has 0 saturated carbocycles. The number of nitrogens with zero attached hydrogens (tertiary/aromatic N) is 2. The molecular formula is C14H12N4O2. The number of H-pyrrole nitrogens is 1. The standard InChI is InChI=1S/C14H12N4O2/c19-14(16-8-10-2-1-4-15-7-10)13-6-12(17-18-13)11-3-5-20-9-11/h1-7,9H,8H2,(H,16,19)(H,17,18). The molecule has 3 heterocycles. The van der Waals surface area contributed by atoms with E-state index in [2.05, 4.69) is 20.5 Å². The molecule has 1 amide bonds. The highest BCUT2D eigenvalue weighted by Crippen LogP contribution is 2.17. The van der Waals surface area contributed by atoms with E-state index in [4.69, 9.17) is 4.42 Å². The molecule has 2 N–H and O–H groups in total. The Kier molecular flexibility index (Phi) is 3.28. The van der Waals surface area contributed by atoms with Crippen LogP contribution in [-0.2, 0) is 6.54 Å². The molecule has 20 heavy (non-hydrogen) atoms. The lowest BCUT2D eigenvalue weighted by Gasteiger charge is -2.02. The van der Waals surface area contributed by atoms with Gasteiger partial charge in [-0.2, -0.15) is 5.10 Å². The summed E-state index contributed by atoms with van der Waals surface area (Å²) >= 11 is 0. The maximum absolute atomic E-state index is 12.0. The first-order valence-corrected chi connectivity index (χ1v) is 6.08. The van der Waals surface area contributed by atoms with E-state index < -0.39 is 0 Å². The van der Waals surface area contributed by atoms with Crippen LogP contribution in [0.15, 0.2) is 53.6 Å². The van der Waals surface area contributed by atoms with Crippen molar-refractivity contribution in [2.45, 2.75) is 6.54 Å². The molecule has 3 aromatic heterocycles. The fourth-order valence-electron chi connectivity index (χ4n) is 1.78. The summed E-state index contributed by atoms with van der Waals surface area (Å²) in [5.41, 5.74) is 2.85. The molecule has 0 atom stereocenters. The molecule has 0 aliphatic heterocycles. The van der Waals surface area contributed by atoms with Gasteiger partial charge in [0.1, 0.15) is 5.69 Å². The summed E-state index contributed by atoms with van der Waals surface area (Å²) in [7, 11) is 0. The topological polar surface area (TPSA) is 83.8 Å². The Morgan fingerprint density at radius 2 is 2.35 bits per heavy atom. The third kappa shape index (κ3) is 2.59. The number of carbonyl (C=O) groups is 1. The van der Waals surface area contributed by atoms with Gasteiger partial charge in [0, 0.05) is 24.5 Å². The van der Waals surface area contributed by atoms with E-state index in [0.29, 0.717) is 17.9 Å². The molecule has 0 aromatic carbocycles. The second kappa shape index (κ2) is 5.40. The predicted molar refractivity (Wildman–Crippen MR) is 71.7 cm³/mol. The average Bonchev–Trinajstić information content (AvgIpc) is 3.16. The molecule has 0 fully saturated rings. The molecule has 0 unspecified atom stereocenters. The highest BCUT2D eigenvalue weighted by molar-refractivity contribution is 5.93. The van der Waals surface area contributed by atoms with Crippen molar-refractivity contribution in [1.29, 1.82) is 0 Å². The van der Waals surface area contributed by atoms with Crippen molar-refractivity contribution in [1.82, 2.24) is 20.5 Å². The van der Waals surface area contributed by atoms with E-state index in [9.17, 15) is 4.79 Å². The third-order valence-electron chi connectivity index (χ3n) is 2.82. The zero-order valence-corrected chi connectivity index (χ0v) is 10.5. The third-order valence-corrected chi connectivity index (χ3v) is 2.82. The Hall–Kier alpha value is -2.89. The average molecular weight is 268 g/mol. The van der Waals surface area contributed by atoms with Crippen LogP contribution in [-0.4, -0.2) is 21.1 Å². The summed E-state index contributed by atoms with van der Waals surface area (Å²) in [6.07, 6.45) is 6.54. The first-order chi connectivity index (χ1) is 9.83. The van der Waals surface area contributed by atoms with E-state index in [0.717, 1.165) is 11.1 Å². The van der Waals surface area contributed by atoms with Gasteiger partial charge in [0.15, 0.2) is 0 Å². The van der Waals surface area contributed by atoms with Crippen molar-refractivity contribution in [2.75, 3.05) is 0 Å². The Labute approximate surface area is 114 Å². The molecule has 100 valence electrons. The first-order valence-electron chi connectivity index (χ1n) is 6.08. The maximum Gasteiger partial charge on any atom is 0.269 e. The molecule has 0 aliphatic rings. The van der Waals surface area contributed by atoms with Gasteiger partial charge in [-0.15, -0.1) is 0 Å². The Bertz CT molecular complexity index is 689. The number of aromatic nitrogens is 3. The van der Waals surface area contributed by atoms with Crippen LogP contribution in [0.4, 0.5) is 0 Å². The quantitative estimate of drug-likeness (QED) is 0.758. The van der Waals surface area contributed by atoms with E-state index in [1.807, 2.05) is 12.1 Å². The summed E-state index contributed by atoms with van der Waals surface area (Å²) in [5.74, 6) is -0.212. The van der Waals surface area contributed by atoms with Crippen LogP contribution in [0.25, 0.3) is 11.3 Å². The van der Waals surface area contributed by atoms with E-state index in [1.54, 1.807) is 37.1 Å². The summed E-state index contributed by atoms with van der Waals surface area (Å²) in [6.45, 7) is 0.423. The van der Waals surface area contributed by atoms with Gasteiger partial charge in [-0.1, -0.05) is 6.07 Å². The number of nitrogens with one attached hydrogen (secondary N) is 2. The van der Waals surface area contributed by atoms with E-state index in [1.165, 1.54) is 0 Å². The number of furan rings is 1. The molecule has 0 spiro atoms. The van der Waals surface area contributed by atoms with Gasteiger partial charge in [0.05, 0.1) is 18.2 Å². The minimum Gasteiger partial charge on any atom is -0.472 e. The Morgan fingerprint density at radius 1 is 1.40 bits per heavy atom. The number of hydrogen-bond donors (Lipinski definition) is 2. The molecule has 0 aliphatic carbocycles. The van der Waals surface area contributed by atoms with Crippen LogP contribution in [0.3, 0.4) is 0 Å². The fraction of sp³-hybridized carbons (Fsp3) is 0.0714. The van der Waals surface area contributed by atoms with Gasteiger partial charge in [-0.3, -0.25) is 14.9 Å². The lowest BCUT2D eigenvalue weighted by atomic mass is 10.2. The maximum atomic E-state index is 12.0. The van der Waals surface area contributed by atoms with Crippen molar-refractivity contribution >= 4 is 5.91 Å². The lowest BCUT2D eigenvalue weighted by molar-refractivity contribution is 0.0946. The van der Waals surface area contributed by atoms with E-state index in [-0.39, 0.29) is 5.91 Å². The summed E-state index contributed by atoms with van der Waals surface area (Å²) < 4.78 is 4.98. The zero-order chi connectivity index (χ0) is 13.8. The second-order valence-corrected chi connectivity index (χ2v) is 4.22. The smallest absolute Gasteiger partial charge is 0.269 e. The number of rotatable bonds is 4. The van der Waals surface area contributed by atoms with Crippen LogP contribution < -0.4 is 5.32 Å². The van der Waals surface area contributed by atoms with Crippen molar-refractivity contribution < 1.29 is 9.21 Å². The van der Waals surface area contributed by atoms with Crippen molar-refractivity contribution in [3.63, 3.8) is 0 Å². The van der Waals surface area contributed by atoms with Crippen LogP contribution in [0.2, 0.25) is 0 Å². The summed E-state index contributed by atoms with van der Waals surface area (Å²) in [5, 5.41) is 9.59. The number of amides is 1.